The van der Waals surface area contributed by atoms with Crippen LogP contribution in [0.1, 0.15) is 19.3 Å². The molecule has 0 radical (unpaired) electrons. The Morgan fingerprint density at radius 3 is 2.40 bits per heavy atom. The van der Waals surface area contributed by atoms with Crippen LogP contribution in [0.2, 0.25) is 0 Å². The molecule has 15 heavy (non-hydrogen) atoms. The Bertz CT molecular complexity index is 257. The Kier molecular flexibility index (Phi) is 2.57. The Balaban J connectivity index is 1.66. The highest BCUT2D eigenvalue weighted by atomic mass is 16.3. The molecule has 1 aliphatic heterocycles. The van der Waals surface area contributed by atoms with Crippen molar-refractivity contribution in [1.82, 2.24) is 4.90 Å². The van der Waals surface area contributed by atoms with Crippen molar-refractivity contribution < 1.29 is 5.11 Å². The van der Waals surface area contributed by atoms with Crippen LogP contribution in [-0.2, 0) is 0 Å². The van der Waals surface area contributed by atoms with E-state index in [1.807, 2.05) is 0 Å². The molecule has 0 aromatic rings. The minimum Gasteiger partial charge on any atom is -0.396 e. The Labute approximate surface area is 92.0 Å². The van der Waals surface area contributed by atoms with Crippen molar-refractivity contribution in [2.45, 2.75) is 19.3 Å². The monoisotopic (exact) mass is 207 g/mol. The first-order valence-electron chi connectivity index (χ1n) is 6.40. The third kappa shape index (κ3) is 1.64. The molecule has 1 saturated carbocycles. The number of nitrogens with zero attached hydrogens (tertiary/aromatic N) is 1. The maximum absolute atomic E-state index is 9.48. The van der Waals surface area contributed by atoms with Gasteiger partial charge in [0.2, 0.25) is 0 Å². The maximum Gasteiger partial charge on any atom is 0.0468 e. The third-order valence-electron chi connectivity index (χ3n) is 4.68. The Morgan fingerprint density at radius 1 is 1.07 bits per heavy atom. The molecule has 1 N–H and O–H groups in total. The van der Waals surface area contributed by atoms with E-state index in [2.05, 4.69) is 17.1 Å². The average Bonchev–Trinajstić information content (AvgIpc) is 2.91. The summed E-state index contributed by atoms with van der Waals surface area (Å²) in [6.45, 7) is 4.20. The first-order valence-corrected chi connectivity index (χ1v) is 6.40. The molecule has 0 unspecified atom stereocenters. The first-order chi connectivity index (χ1) is 7.38. The number of aliphatic hydroxyl groups is 1. The van der Waals surface area contributed by atoms with Gasteiger partial charge in [-0.3, -0.25) is 0 Å². The molecule has 2 bridgehead atoms. The van der Waals surface area contributed by atoms with Gasteiger partial charge in [0, 0.05) is 13.2 Å². The van der Waals surface area contributed by atoms with E-state index in [0.717, 1.165) is 11.8 Å². The van der Waals surface area contributed by atoms with Gasteiger partial charge >= 0.3 is 0 Å². The lowest BCUT2D eigenvalue weighted by molar-refractivity contribution is 0.135. The molecule has 0 aromatic heterocycles. The largest absolute Gasteiger partial charge is 0.396 e. The molecule has 84 valence electrons. The molecule has 0 amide bonds. The quantitative estimate of drug-likeness (QED) is 0.709. The van der Waals surface area contributed by atoms with Gasteiger partial charge in [-0.15, -0.1) is 0 Å². The molecular weight excluding hydrogens is 186 g/mol. The second-order valence-electron chi connectivity index (χ2n) is 5.47. The third-order valence-corrected chi connectivity index (χ3v) is 4.68. The van der Waals surface area contributed by atoms with Crippen molar-refractivity contribution in [1.29, 1.82) is 0 Å². The van der Waals surface area contributed by atoms with Gasteiger partial charge < -0.3 is 10.0 Å². The van der Waals surface area contributed by atoms with Crippen LogP contribution in [0.3, 0.4) is 0 Å². The molecule has 3 rings (SSSR count). The zero-order valence-electron chi connectivity index (χ0n) is 9.31. The predicted octanol–water partition coefficient (Wildman–Crippen LogP) is 1.51. The van der Waals surface area contributed by atoms with Gasteiger partial charge in [-0.25, -0.2) is 0 Å². The summed E-state index contributed by atoms with van der Waals surface area (Å²) in [4.78, 5) is 2.60. The van der Waals surface area contributed by atoms with E-state index in [1.165, 1.54) is 38.9 Å². The van der Waals surface area contributed by atoms with Crippen molar-refractivity contribution in [3.63, 3.8) is 0 Å². The van der Waals surface area contributed by atoms with Crippen molar-refractivity contribution in [3.8, 4) is 0 Å². The minimum atomic E-state index is 0.393. The Morgan fingerprint density at radius 2 is 1.73 bits per heavy atom. The summed E-state index contributed by atoms with van der Waals surface area (Å²) in [5.41, 5.74) is 0. The topological polar surface area (TPSA) is 23.5 Å². The van der Waals surface area contributed by atoms with E-state index in [1.54, 1.807) is 0 Å². The smallest absolute Gasteiger partial charge is 0.0468 e. The van der Waals surface area contributed by atoms with E-state index < -0.39 is 0 Å². The van der Waals surface area contributed by atoms with Crippen molar-refractivity contribution in [2.24, 2.45) is 23.7 Å². The lowest BCUT2D eigenvalue weighted by atomic mass is 9.83. The summed E-state index contributed by atoms with van der Waals surface area (Å²) < 4.78 is 0. The van der Waals surface area contributed by atoms with Gasteiger partial charge in [-0.1, -0.05) is 12.2 Å². The van der Waals surface area contributed by atoms with Crippen molar-refractivity contribution >= 4 is 0 Å². The Hall–Kier alpha value is -0.340. The number of aliphatic hydroxyl groups excluding tert-OH is 1. The fraction of sp³-hybridized carbons (Fsp3) is 0.846. The van der Waals surface area contributed by atoms with E-state index in [9.17, 15) is 5.11 Å². The van der Waals surface area contributed by atoms with Crippen LogP contribution in [0.5, 0.6) is 0 Å². The standard InChI is InChI=1S/C13H21NO/c15-9-13-11-4-3-10(7-11)12(13)8-14-5-1-2-6-14/h3-4,10-13,15H,1-2,5-9H2/t10-,11+,12-,13+/m0/s1. The highest BCUT2D eigenvalue weighted by Gasteiger charge is 2.44. The van der Waals surface area contributed by atoms with E-state index in [0.29, 0.717) is 18.4 Å². The number of allylic oxidation sites excluding steroid dienone is 2. The van der Waals surface area contributed by atoms with E-state index in [4.69, 9.17) is 0 Å². The van der Waals surface area contributed by atoms with Crippen LogP contribution in [0.4, 0.5) is 0 Å². The number of likely N-dealkylation sites (tertiary alicyclic amines) is 1. The highest BCUT2D eigenvalue weighted by Crippen LogP contribution is 2.48. The van der Waals surface area contributed by atoms with E-state index in [-0.39, 0.29) is 0 Å². The lowest BCUT2D eigenvalue weighted by Crippen LogP contribution is -2.34. The number of fused-ring (bicyclic) bond motifs is 2. The van der Waals surface area contributed by atoms with Crippen molar-refractivity contribution in [2.75, 3.05) is 26.2 Å². The SMILES string of the molecule is OC[C@H]1[C@@H](CN2CCCC2)[C@H]2C=C[C@@H]1C2. The van der Waals surface area contributed by atoms with Crippen LogP contribution in [0, 0.1) is 23.7 Å². The lowest BCUT2D eigenvalue weighted by Gasteiger charge is -2.30. The van der Waals surface area contributed by atoms with Gasteiger partial charge in [-0.2, -0.15) is 0 Å². The predicted molar refractivity (Wildman–Crippen MR) is 60.5 cm³/mol. The molecule has 4 atom stereocenters. The highest BCUT2D eigenvalue weighted by molar-refractivity contribution is 5.13. The zero-order valence-corrected chi connectivity index (χ0v) is 9.31. The minimum absolute atomic E-state index is 0.393. The van der Waals surface area contributed by atoms with Gasteiger partial charge in [0.15, 0.2) is 0 Å². The summed E-state index contributed by atoms with van der Waals surface area (Å²) in [5, 5.41) is 9.48. The van der Waals surface area contributed by atoms with Gasteiger partial charge in [0.05, 0.1) is 0 Å². The second-order valence-corrected chi connectivity index (χ2v) is 5.47. The molecule has 2 aliphatic carbocycles. The average molecular weight is 207 g/mol. The fourth-order valence-electron chi connectivity index (χ4n) is 3.83. The molecule has 3 aliphatic rings. The van der Waals surface area contributed by atoms with Crippen LogP contribution in [-0.4, -0.2) is 36.2 Å². The van der Waals surface area contributed by atoms with Crippen LogP contribution < -0.4 is 0 Å². The zero-order chi connectivity index (χ0) is 10.3. The van der Waals surface area contributed by atoms with Crippen LogP contribution in [0.25, 0.3) is 0 Å². The van der Waals surface area contributed by atoms with Gasteiger partial charge in [-0.05, 0) is 56.0 Å². The summed E-state index contributed by atoms with van der Waals surface area (Å²) >= 11 is 0. The summed E-state index contributed by atoms with van der Waals surface area (Å²) in [5.74, 6) is 2.75. The summed E-state index contributed by atoms with van der Waals surface area (Å²) in [6.07, 6.45) is 8.80. The van der Waals surface area contributed by atoms with Gasteiger partial charge in [0.1, 0.15) is 0 Å². The molecule has 1 heterocycles. The van der Waals surface area contributed by atoms with Crippen molar-refractivity contribution in [3.05, 3.63) is 12.2 Å². The maximum atomic E-state index is 9.48. The molecule has 1 saturated heterocycles. The van der Waals surface area contributed by atoms with Crippen LogP contribution >= 0.6 is 0 Å². The number of rotatable bonds is 3. The second kappa shape index (κ2) is 3.91. The number of hydrogen-bond acceptors (Lipinski definition) is 2. The number of hydrogen-bond donors (Lipinski definition) is 1. The molecule has 2 heteroatoms. The van der Waals surface area contributed by atoms with Crippen LogP contribution in [0.15, 0.2) is 12.2 Å². The molecule has 2 fully saturated rings. The fourth-order valence-corrected chi connectivity index (χ4v) is 3.83. The molecular formula is C13H21NO. The van der Waals surface area contributed by atoms with Gasteiger partial charge in [0.25, 0.3) is 0 Å². The first kappa shape index (κ1) is 9.86. The summed E-state index contributed by atoms with van der Waals surface area (Å²) in [7, 11) is 0. The summed E-state index contributed by atoms with van der Waals surface area (Å²) in [6, 6.07) is 0. The molecule has 0 aromatic carbocycles. The van der Waals surface area contributed by atoms with E-state index >= 15 is 0 Å². The molecule has 0 spiro atoms. The molecule has 2 nitrogen and oxygen atoms in total. The normalized spacial score (nSPS) is 44.3.